The second-order valence-corrected chi connectivity index (χ2v) is 8.17. The van der Waals surface area contributed by atoms with E-state index in [1.54, 1.807) is 0 Å². The molecule has 0 bridgehead atoms. The van der Waals surface area contributed by atoms with Gasteiger partial charge in [0.2, 0.25) is 0 Å². The van der Waals surface area contributed by atoms with Crippen molar-refractivity contribution in [3.05, 3.63) is 29.3 Å². The van der Waals surface area contributed by atoms with Crippen molar-refractivity contribution in [2.24, 2.45) is 4.99 Å². The molecule has 0 spiro atoms. The minimum Gasteiger partial charge on any atom is -0.494 e. The smallest absolute Gasteiger partial charge is 0.303 e. The van der Waals surface area contributed by atoms with Gasteiger partial charge >= 0.3 is 5.97 Å². The van der Waals surface area contributed by atoms with Gasteiger partial charge in [0.1, 0.15) is 5.75 Å². The van der Waals surface area contributed by atoms with Crippen molar-refractivity contribution in [1.82, 2.24) is 0 Å². The number of ether oxygens (including phenoxy) is 1. The molecule has 0 aromatic heterocycles. The lowest BCUT2D eigenvalue weighted by Crippen LogP contribution is -2.19. The zero-order chi connectivity index (χ0) is 18.4. The fourth-order valence-corrected chi connectivity index (χ4v) is 3.01. The van der Waals surface area contributed by atoms with E-state index in [1.807, 2.05) is 32.0 Å². The van der Waals surface area contributed by atoms with E-state index >= 15 is 0 Å². The number of aliphatic carboxylic acids is 1. The van der Waals surface area contributed by atoms with Gasteiger partial charge in [-0.25, -0.2) is 0 Å². The van der Waals surface area contributed by atoms with Crippen molar-refractivity contribution in [2.45, 2.75) is 50.7 Å². The van der Waals surface area contributed by atoms with Crippen LogP contribution >= 0.6 is 12.6 Å². The highest BCUT2D eigenvalue weighted by atomic mass is 32.1. The number of Topliss-reactive ketones (excluding diaryl/α,β-unsaturated/α-hetero) is 1. The standard InChI is InChI=1S/C19H25NO4S/c1-19(2,25)11-14(21)12-20-17-8-5-13-10-15(6-7-16(13)17)24-9-3-4-18(22)23/h6-7,10,25H,3-5,8-9,11-12H2,1-2H3,(H,22,23). The van der Waals surface area contributed by atoms with Gasteiger partial charge in [-0.1, -0.05) is 13.8 Å². The van der Waals surface area contributed by atoms with Crippen LogP contribution < -0.4 is 4.74 Å². The number of carbonyl (C=O) groups excluding carboxylic acids is 1. The molecule has 0 radical (unpaired) electrons. The summed E-state index contributed by atoms with van der Waals surface area (Å²) < 4.78 is 5.30. The number of hydrogen-bond donors (Lipinski definition) is 2. The number of thiol groups is 1. The van der Waals surface area contributed by atoms with Crippen molar-refractivity contribution >= 4 is 30.1 Å². The van der Waals surface area contributed by atoms with Gasteiger partial charge in [0.05, 0.1) is 13.2 Å². The second kappa shape index (κ2) is 8.52. The Hall–Kier alpha value is -1.82. The maximum absolute atomic E-state index is 12.0. The van der Waals surface area contributed by atoms with Crippen LogP contribution in [0.2, 0.25) is 0 Å². The van der Waals surface area contributed by atoms with E-state index in [1.165, 1.54) is 0 Å². The maximum atomic E-state index is 12.0. The molecule has 0 heterocycles. The van der Waals surface area contributed by atoms with E-state index in [9.17, 15) is 9.59 Å². The van der Waals surface area contributed by atoms with Crippen LogP contribution in [0, 0.1) is 0 Å². The predicted octanol–water partition coefficient (Wildman–Crippen LogP) is 3.33. The average Bonchev–Trinajstić information content (AvgIpc) is 2.90. The Morgan fingerprint density at radius 1 is 1.32 bits per heavy atom. The summed E-state index contributed by atoms with van der Waals surface area (Å²) in [6.45, 7) is 4.43. The Morgan fingerprint density at radius 3 is 2.76 bits per heavy atom. The van der Waals surface area contributed by atoms with E-state index in [2.05, 4.69) is 17.6 Å². The molecule has 2 rings (SSSR count). The third kappa shape index (κ3) is 6.53. The van der Waals surface area contributed by atoms with E-state index in [4.69, 9.17) is 9.84 Å². The van der Waals surface area contributed by atoms with E-state index in [0.29, 0.717) is 19.4 Å². The summed E-state index contributed by atoms with van der Waals surface area (Å²) >= 11 is 4.38. The summed E-state index contributed by atoms with van der Waals surface area (Å²) in [6, 6.07) is 5.83. The molecule has 0 amide bonds. The molecule has 0 aliphatic heterocycles. The van der Waals surface area contributed by atoms with Crippen LogP contribution in [0.1, 0.15) is 50.7 Å². The minimum absolute atomic E-state index is 0.0966. The van der Waals surface area contributed by atoms with Gasteiger partial charge in [0.25, 0.3) is 0 Å². The van der Waals surface area contributed by atoms with Crippen LogP contribution in [0.15, 0.2) is 23.2 Å². The Kier molecular flexibility index (Phi) is 6.64. The number of carbonyl (C=O) groups is 2. The van der Waals surface area contributed by atoms with Crippen molar-refractivity contribution in [3.63, 3.8) is 0 Å². The number of aryl methyl sites for hydroxylation is 1. The number of ketones is 1. The number of carboxylic acids is 1. The summed E-state index contributed by atoms with van der Waals surface area (Å²) in [5.41, 5.74) is 3.21. The molecule has 0 atom stereocenters. The van der Waals surface area contributed by atoms with E-state index in [0.717, 1.165) is 35.4 Å². The Balaban J connectivity index is 1.93. The maximum Gasteiger partial charge on any atom is 0.303 e. The van der Waals surface area contributed by atoms with Gasteiger partial charge in [-0.3, -0.25) is 14.6 Å². The molecule has 1 aromatic rings. The van der Waals surface area contributed by atoms with Gasteiger partial charge in [0.15, 0.2) is 5.78 Å². The van der Waals surface area contributed by atoms with E-state index < -0.39 is 5.97 Å². The molecule has 5 nitrogen and oxygen atoms in total. The number of benzene rings is 1. The molecule has 1 aliphatic carbocycles. The number of hydrogen-bond acceptors (Lipinski definition) is 5. The molecule has 136 valence electrons. The van der Waals surface area contributed by atoms with Crippen molar-refractivity contribution in [2.75, 3.05) is 13.2 Å². The molecule has 0 saturated carbocycles. The Labute approximate surface area is 153 Å². The van der Waals surface area contributed by atoms with Crippen LogP contribution in [0.4, 0.5) is 0 Å². The highest BCUT2D eigenvalue weighted by Crippen LogP contribution is 2.27. The van der Waals surface area contributed by atoms with Crippen LogP contribution in [-0.2, 0) is 16.0 Å². The normalized spacial score (nSPS) is 15.2. The molecule has 0 unspecified atom stereocenters. The number of aliphatic imine (C=N–C) groups is 1. The Morgan fingerprint density at radius 2 is 2.08 bits per heavy atom. The van der Waals surface area contributed by atoms with Crippen molar-refractivity contribution < 1.29 is 19.4 Å². The highest BCUT2D eigenvalue weighted by Gasteiger charge is 2.20. The molecular formula is C19H25NO4S. The topological polar surface area (TPSA) is 76.0 Å². The first-order chi connectivity index (χ1) is 11.7. The molecule has 1 aromatic carbocycles. The largest absolute Gasteiger partial charge is 0.494 e. The fourth-order valence-electron chi connectivity index (χ4n) is 2.84. The molecule has 0 saturated heterocycles. The lowest BCUT2D eigenvalue weighted by molar-refractivity contribution is -0.137. The molecule has 1 N–H and O–H groups in total. The third-order valence-corrected chi connectivity index (χ3v) is 4.06. The first-order valence-corrected chi connectivity index (χ1v) is 8.94. The van der Waals surface area contributed by atoms with Gasteiger partial charge in [-0.2, -0.15) is 12.6 Å². The molecule has 25 heavy (non-hydrogen) atoms. The van der Waals surface area contributed by atoms with Crippen LogP contribution in [0.5, 0.6) is 5.75 Å². The number of nitrogens with zero attached hydrogens (tertiary/aromatic N) is 1. The third-order valence-electron chi connectivity index (χ3n) is 3.90. The first-order valence-electron chi connectivity index (χ1n) is 8.50. The highest BCUT2D eigenvalue weighted by molar-refractivity contribution is 7.81. The van der Waals surface area contributed by atoms with Gasteiger partial charge in [0, 0.05) is 23.3 Å². The van der Waals surface area contributed by atoms with Gasteiger partial charge in [-0.15, -0.1) is 0 Å². The number of fused-ring (bicyclic) bond motifs is 1. The van der Waals surface area contributed by atoms with Crippen molar-refractivity contribution in [3.8, 4) is 5.75 Å². The summed E-state index contributed by atoms with van der Waals surface area (Å²) in [4.78, 5) is 26.9. The summed E-state index contributed by atoms with van der Waals surface area (Å²) in [5.74, 6) is 0.0341. The summed E-state index contributed by atoms with van der Waals surface area (Å²) in [6.07, 6.45) is 2.71. The second-order valence-electron chi connectivity index (χ2n) is 6.96. The van der Waals surface area contributed by atoms with Crippen molar-refractivity contribution in [1.29, 1.82) is 0 Å². The van der Waals surface area contributed by atoms with Crippen LogP contribution in [-0.4, -0.2) is 40.5 Å². The molecular weight excluding hydrogens is 338 g/mol. The van der Waals surface area contributed by atoms with Gasteiger partial charge in [-0.05, 0) is 48.6 Å². The fraction of sp³-hybridized carbons (Fsp3) is 0.526. The lowest BCUT2D eigenvalue weighted by atomic mass is 10.1. The predicted molar refractivity (Wildman–Crippen MR) is 101 cm³/mol. The van der Waals surface area contributed by atoms with E-state index in [-0.39, 0.29) is 23.5 Å². The quantitative estimate of drug-likeness (QED) is 0.521. The van der Waals surface area contributed by atoms with Gasteiger partial charge < -0.3 is 9.84 Å². The van der Waals surface area contributed by atoms with Crippen LogP contribution in [0.3, 0.4) is 0 Å². The lowest BCUT2D eigenvalue weighted by Gasteiger charge is -2.14. The monoisotopic (exact) mass is 363 g/mol. The SMILES string of the molecule is CC(C)(S)CC(=O)CN=C1CCc2cc(OCCCC(=O)O)ccc21. The van der Waals surface area contributed by atoms with Crippen LogP contribution in [0.25, 0.3) is 0 Å². The summed E-state index contributed by atoms with van der Waals surface area (Å²) in [7, 11) is 0. The molecule has 1 aliphatic rings. The molecule has 6 heteroatoms. The first kappa shape index (κ1) is 19.5. The number of carboxylic acid groups (broad SMARTS) is 1. The zero-order valence-electron chi connectivity index (χ0n) is 14.7. The average molecular weight is 363 g/mol. The zero-order valence-corrected chi connectivity index (χ0v) is 15.6. The summed E-state index contributed by atoms with van der Waals surface area (Å²) in [5, 5.41) is 8.62. The Bertz CT molecular complexity index is 676. The minimum atomic E-state index is -0.811. The molecule has 0 fully saturated rings. The number of rotatable bonds is 9.